The van der Waals surface area contributed by atoms with Crippen molar-refractivity contribution in [2.45, 2.75) is 113 Å². The van der Waals surface area contributed by atoms with Crippen LogP contribution in [0.4, 0.5) is 0 Å². The van der Waals surface area contributed by atoms with Gasteiger partial charge in [-0.2, -0.15) is 11.6 Å². The Morgan fingerprint density at radius 1 is 0.792 bits per heavy atom. The molecule has 0 aromatic heterocycles. The Labute approximate surface area is 306 Å². The van der Waals surface area contributed by atoms with E-state index < -0.39 is 0 Å². The van der Waals surface area contributed by atoms with E-state index in [1.807, 2.05) is 0 Å². The first kappa shape index (κ1) is 36.5. The summed E-state index contributed by atoms with van der Waals surface area (Å²) in [6.45, 7) is 27.3. The Morgan fingerprint density at radius 2 is 1.29 bits per heavy atom. The van der Waals surface area contributed by atoms with Crippen LogP contribution in [0.2, 0.25) is 0 Å². The molecule has 0 radical (unpaired) electrons. The van der Waals surface area contributed by atoms with Crippen molar-refractivity contribution in [3.63, 3.8) is 0 Å². The number of hydrogen-bond acceptors (Lipinski definition) is 0. The van der Waals surface area contributed by atoms with Crippen LogP contribution in [0.15, 0.2) is 90.0 Å². The molecule has 0 spiro atoms. The Bertz CT molecular complexity index is 1880. The van der Waals surface area contributed by atoms with E-state index in [2.05, 4.69) is 168 Å². The average molecular weight is 712 g/mol. The van der Waals surface area contributed by atoms with E-state index in [0.29, 0.717) is 11.3 Å². The zero-order valence-electron chi connectivity index (χ0n) is 31.7. The average Bonchev–Trinajstić information content (AvgIpc) is 3.75. The molecule has 0 bridgehead atoms. The topological polar surface area (TPSA) is 0 Å². The summed E-state index contributed by atoms with van der Waals surface area (Å²) in [5.74, 6) is 0.573. The van der Waals surface area contributed by atoms with E-state index in [9.17, 15) is 0 Å². The third-order valence-electron chi connectivity index (χ3n) is 10.5. The SMILES string of the molecule is CC1=CC(C)(C)c2cc3[cH-]c4cc5c(cc4c3cc21)C(C)=CC5(C)C.CCC1=[C-]C(CC)C=C1C(C)(C)C.CC[C](=[Zr+2])c1ccccc1. The van der Waals surface area contributed by atoms with Gasteiger partial charge in [0.25, 0.3) is 0 Å². The number of rotatable bonds is 4. The van der Waals surface area contributed by atoms with Gasteiger partial charge in [0.2, 0.25) is 0 Å². The van der Waals surface area contributed by atoms with Crippen molar-refractivity contribution in [1.82, 2.24) is 0 Å². The molecule has 1 unspecified atom stereocenters. The zero-order chi connectivity index (χ0) is 35.2. The summed E-state index contributed by atoms with van der Waals surface area (Å²) in [4.78, 5) is 0. The van der Waals surface area contributed by atoms with Crippen LogP contribution in [0, 0.1) is 17.4 Å². The fourth-order valence-electron chi connectivity index (χ4n) is 7.92. The second-order valence-electron chi connectivity index (χ2n) is 16.2. The van der Waals surface area contributed by atoms with Crippen LogP contribution < -0.4 is 0 Å². The number of allylic oxidation sites excluding steroid dienone is 8. The maximum absolute atomic E-state index is 3.57. The van der Waals surface area contributed by atoms with Gasteiger partial charge in [0.15, 0.2) is 0 Å². The summed E-state index contributed by atoms with van der Waals surface area (Å²) in [7, 11) is 0. The molecule has 0 saturated heterocycles. The molecule has 0 heterocycles. The van der Waals surface area contributed by atoms with Crippen molar-refractivity contribution >= 4 is 35.9 Å². The molecule has 4 aromatic carbocycles. The Balaban J connectivity index is 0.000000164. The van der Waals surface area contributed by atoms with Gasteiger partial charge in [0, 0.05) is 10.8 Å². The van der Waals surface area contributed by atoms with Gasteiger partial charge in [-0.3, -0.25) is 6.08 Å². The molecule has 1 atom stereocenters. The summed E-state index contributed by atoms with van der Waals surface area (Å²) in [6, 6.07) is 22.7. The molecule has 1 heteroatoms. The second-order valence-corrected chi connectivity index (χ2v) is 17.7. The van der Waals surface area contributed by atoms with Crippen LogP contribution in [0.5, 0.6) is 0 Å². The third kappa shape index (κ3) is 7.24. The van der Waals surface area contributed by atoms with E-state index >= 15 is 0 Å². The minimum atomic E-state index is 0.139. The molecule has 3 aliphatic rings. The Hall–Kier alpha value is -2.76. The van der Waals surface area contributed by atoms with E-state index in [1.54, 1.807) is 3.21 Å². The van der Waals surface area contributed by atoms with Crippen molar-refractivity contribution in [3.8, 4) is 0 Å². The van der Waals surface area contributed by atoms with Crippen molar-refractivity contribution in [3.05, 3.63) is 124 Å². The molecule has 0 nitrogen and oxygen atoms in total. The van der Waals surface area contributed by atoms with Gasteiger partial charge in [0.1, 0.15) is 0 Å². The van der Waals surface area contributed by atoms with Crippen LogP contribution in [0.25, 0.3) is 32.7 Å². The molecule has 7 rings (SSSR count). The quantitative estimate of drug-likeness (QED) is 0.185. The van der Waals surface area contributed by atoms with Crippen LogP contribution in [0.3, 0.4) is 0 Å². The van der Waals surface area contributed by atoms with E-state index in [-0.39, 0.29) is 10.8 Å². The van der Waals surface area contributed by atoms with Crippen molar-refractivity contribution < 1.29 is 24.2 Å². The first-order chi connectivity index (χ1) is 22.5. The first-order valence-corrected chi connectivity index (χ1v) is 19.3. The molecule has 0 amide bonds. The van der Waals surface area contributed by atoms with Gasteiger partial charge >= 0.3 is 76.7 Å². The zero-order valence-corrected chi connectivity index (χ0v) is 34.2. The van der Waals surface area contributed by atoms with Crippen molar-refractivity contribution in [2.75, 3.05) is 0 Å². The van der Waals surface area contributed by atoms with Gasteiger partial charge < -0.3 is 0 Å². The standard InChI is InChI=1S/C25H25.C13H21.C9H10.Zr/c1-14-12-24(3,4)22-8-16-7-17-9-23-19(15(2)13-25(23,5)6)11-21(17)20(16)10-18(14)22;1-6-10-8-11(7-2)12(9-10)13(3,4)5;1-2-6-9-7-4-3-5-8-9;/h7-13H,1-6H3;9-10H,6-7H2,1-5H3;3-5,7-8H,2H2,1H3;/q2*-1;;+2. The molecule has 0 saturated carbocycles. The van der Waals surface area contributed by atoms with Gasteiger partial charge in [-0.05, 0) is 36.1 Å². The van der Waals surface area contributed by atoms with Crippen LogP contribution >= 0.6 is 0 Å². The molecule has 248 valence electrons. The number of benzene rings is 3. The minimum absolute atomic E-state index is 0.139. The molecule has 0 N–H and O–H groups in total. The van der Waals surface area contributed by atoms with Gasteiger partial charge in [-0.25, -0.2) is 5.57 Å². The summed E-state index contributed by atoms with van der Waals surface area (Å²) in [5, 5.41) is 5.57. The monoisotopic (exact) mass is 710 g/mol. The predicted molar refractivity (Wildman–Crippen MR) is 210 cm³/mol. The van der Waals surface area contributed by atoms with Gasteiger partial charge in [-0.15, -0.1) is 39.7 Å². The van der Waals surface area contributed by atoms with Gasteiger partial charge in [-0.1, -0.05) is 122 Å². The van der Waals surface area contributed by atoms with Gasteiger partial charge in [0.05, 0.1) is 0 Å². The molecule has 48 heavy (non-hydrogen) atoms. The van der Waals surface area contributed by atoms with E-state index in [1.165, 1.54) is 109 Å². The Kier molecular flexibility index (Phi) is 10.6. The molecular weight excluding hydrogens is 656 g/mol. The number of fused-ring (bicyclic) bond motifs is 5. The summed E-state index contributed by atoms with van der Waals surface area (Å²) < 4.78 is 1.55. The van der Waals surface area contributed by atoms with Crippen molar-refractivity contribution in [2.24, 2.45) is 11.3 Å². The molecule has 4 aromatic rings. The molecule has 0 fully saturated rings. The van der Waals surface area contributed by atoms with E-state index in [0.717, 1.165) is 6.42 Å². The molecular formula is C47H56Zr. The van der Waals surface area contributed by atoms with Crippen LogP contribution in [-0.4, -0.2) is 3.21 Å². The van der Waals surface area contributed by atoms with Crippen LogP contribution in [-0.2, 0) is 35.1 Å². The predicted octanol–water partition coefficient (Wildman–Crippen LogP) is 13.4. The first-order valence-electron chi connectivity index (χ1n) is 18.1. The molecule has 0 aliphatic heterocycles. The third-order valence-corrected chi connectivity index (χ3v) is 12.1. The number of hydrogen-bond donors (Lipinski definition) is 0. The van der Waals surface area contributed by atoms with Crippen molar-refractivity contribution in [1.29, 1.82) is 0 Å². The molecule has 3 aliphatic carbocycles. The normalized spacial score (nSPS) is 18.6. The van der Waals surface area contributed by atoms with Crippen LogP contribution in [0.1, 0.15) is 130 Å². The Morgan fingerprint density at radius 3 is 1.69 bits per heavy atom. The summed E-state index contributed by atoms with van der Waals surface area (Å²) in [5.41, 5.74) is 13.6. The fourth-order valence-corrected chi connectivity index (χ4v) is 8.33. The van der Waals surface area contributed by atoms with E-state index in [4.69, 9.17) is 0 Å². The second kappa shape index (κ2) is 13.9. The summed E-state index contributed by atoms with van der Waals surface area (Å²) in [6.07, 6.45) is 14.3. The fraction of sp³-hybridized carbons (Fsp3) is 0.404. The summed E-state index contributed by atoms with van der Waals surface area (Å²) >= 11 is 1.54. The maximum atomic E-state index is 3.57.